The summed E-state index contributed by atoms with van der Waals surface area (Å²) in [6.07, 6.45) is -3.68. The number of fused-ring (bicyclic) bond motifs is 1. The summed E-state index contributed by atoms with van der Waals surface area (Å²) in [5, 5.41) is 0.116. The summed E-state index contributed by atoms with van der Waals surface area (Å²) in [6.45, 7) is 2.38. The number of aromatic nitrogens is 2. The lowest BCUT2D eigenvalue weighted by Gasteiger charge is -2.17. The normalized spacial score (nSPS) is 13.1. The van der Waals surface area contributed by atoms with E-state index in [4.69, 9.17) is 5.73 Å². The third kappa shape index (κ3) is 4.98. The number of carbonyl (C=O) groups excluding carboxylic acids is 1. The number of aryl methyl sites for hydroxylation is 1. The first-order valence-electron chi connectivity index (χ1n) is 11.2. The highest BCUT2D eigenvalue weighted by atomic mass is 32.2. The smallest absolute Gasteiger partial charge is 0.366 e. The molecular formula is C25H21F5N4O3S. The maximum atomic E-state index is 14.8. The Morgan fingerprint density at radius 3 is 2.39 bits per heavy atom. The maximum absolute atomic E-state index is 14.8. The minimum Gasteiger partial charge on any atom is -0.366 e. The SMILES string of the molecule is CCc1cc2c(cc1F)c(C(N)=O)c(-c1ccc(S(=O)(=O)N[C@@H](C)C(F)(F)F)cn1)n2-c1cccc(F)c1. The molecule has 0 aliphatic heterocycles. The van der Waals surface area contributed by atoms with Gasteiger partial charge in [0.15, 0.2) is 0 Å². The largest absolute Gasteiger partial charge is 0.404 e. The van der Waals surface area contributed by atoms with Gasteiger partial charge in [0.2, 0.25) is 10.0 Å². The molecule has 7 nitrogen and oxygen atoms in total. The van der Waals surface area contributed by atoms with Crippen LogP contribution in [0.5, 0.6) is 0 Å². The molecule has 1 amide bonds. The predicted molar refractivity (Wildman–Crippen MR) is 130 cm³/mol. The topological polar surface area (TPSA) is 107 Å². The fourth-order valence-corrected chi connectivity index (χ4v) is 5.22. The molecule has 1 atom stereocenters. The molecule has 2 aromatic carbocycles. The van der Waals surface area contributed by atoms with Gasteiger partial charge in [0.25, 0.3) is 5.91 Å². The van der Waals surface area contributed by atoms with Crippen LogP contribution >= 0.6 is 0 Å². The number of primary amides is 1. The molecule has 200 valence electrons. The predicted octanol–water partition coefficient (Wildman–Crippen LogP) is 4.86. The molecule has 0 saturated carbocycles. The molecule has 3 N–H and O–H groups in total. The molecule has 0 unspecified atom stereocenters. The van der Waals surface area contributed by atoms with Crippen molar-refractivity contribution in [3.63, 3.8) is 0 Å². The van der Waals surface area contributed by atoms with E-state index < -0.39 is 44.7 Å². The zero-order valence-electron chi connectivity index (χ0n) is 20.0. The minimum absolute atomic E-state index is 0.0134. The van der Waals surface area contributed by atoms with Crippen LogP contribution < -0.4 is 10.5 Å². The van der Waals surface area contributed by atoms with Crippen LogP contribution in [0.3, 0.4) is 0 Å². The third-order valence-electron chi connectivity index (χ3n) is 5.94. The first kappa shape index (κ1) is 27.2. The molecule has 2 aromatic heterocycles. The van der Waals surface area contributed by atoms with Crippen molar-refractivity contribution in [3.8, 4) is 17.1 Å². The van der Waals surface area contributed by atoms with E-state index in [1.165, 1.54) is 45.7 Å². The molecule has 0 aliphatic carbocycles. The van der Waals surface area contributed by atoms with E-state index in [1.54, 1.807) is 6.92 Å². The first-order valence-corrected chi connectivity index (χ1v) is 12.7. The van der Waals surface area contributed by atoms with Crippen molar-refractivity contribution in [2.45, 2.75) is 37.4 Å². The average molecular weight is 553 g/mol. The lowest BCUT2D eigenvalue weighted by molar-refractivity contribution is -0.147. The number of nitrogens with zero attached hydrogens (tertiary/aromatic N) is 2. The number of hydrogen-bond acceptors (Lipinski definition) is 4. The van der Waals surface area contributed by atoms with Crippen molar-refractivity contribution in [2.75, 3.05) is 0 Å². The molecule has 38 heavy (non-hydrogen) atoms. The van der Waals surface area contributed by atoms with Gasteiger partial charge in [-0.3, -0.25) is 9.78 Å². The Morgan fingerprint density at radius 2 is 1.84 bits per heavy atom. The van der Waals surface area contributed by atoms with Crippen molar-refractivity contribution in [2.24, 2.45) is 5.73 Å². The van der Waals surface area contributed by atoms with Gasteiger partial charge in [-0.2, -0.15) is 17.9 Å². The standard InChI is InChI=1S/C25H21F5N4O3S/c1-3-14-9-21-18(11-19(14)27)22(24(31)35)23(34(21)16-6-4-5-15(26)10-16)20-8-7-17(12-32-20)38(36,37)33-13(2)25(28,29)30/h4-13,33H,3H2,1-2H3,(H2,31,35)/t13-/m0/s1. The zero-order chi connectivity index (χ0) is 28.0. The summed E-state index contributed by atoms with van der Waals surface area (Å²) in [6, 6.07) is 7.77. The Balaban J connectivity index is 1.97. The molecule has 0 spiro atoms. The van der Waals surface area contributed by atoms with Crippen molar-refractivity contribution < 1.29 is 35.2 Å². The van der Waals surface area contributed by atoms with Crippen LogP contribution in [0.1, 0.15) is 29.8 Å². The number of pyridine rings is 1. The molecule has 13 heteroatoms. The van der Waals surface area contributed by atoms with Crippen molar-refractivity contribution in [3.05, 3.63) is 77.5 Å². The second kappa shape index (κ2) is 9.80. The molecule has 0 aliphatic rings. The molecule has 4 rings (SSSR count). The highest BCUT2D eigenvalue weighted by Crippen LogP contribution is 2.37. The van der Waals surface area contributed by atoms with Crippen LogP contribution in [0.25, 0.3) is 28.0 Å². The van der Waals surface area contributed by atoms with E-state index in [2.05, 4.69) is 4.98 Å². The molecule has 0 bridgehead atoms. The molecule has 0 radical (unpaired) electrons. The fourth-order valence-electron chi connectivity index (χ4n) is 4.04. The van der Waals surface area contributed by atoms with Crippen LogP contribution in [-0.4, -0.2) is 36.1 Å². The number of benzene rings is 2. The van der Waals surface area contributed by atoms with Gasteiger partial charge >= 0.3 is 6.18 Å². The Bertz CT molecular complexity index is 1650. The van der Waals surface area contributed by atoms with Gasteiger partial charge in [-0.25, -0.2) is 17.2 Å². The van der Waals surface area contributed by atoms with Gasteiger partial charge in [-0.1, -0.05) is 13.0 Å². The number of nitrogens with one attached hydrogen (secondary N) is 1. The molecule has 4 aromatic rings. The van der Waals surface area contributed by atoms with Gasteiger partial charge in [-0.05, 0) is 61.4 Å². The number of hydrogen-bond donors (Lipinski definition) is 2. The average Bonchev–Trinajstić information content (AvgIpc) is 3.16. The second-order valence-electron chi connectivity index (χ2n) is 8.48. The number of amides is 1. The Morgan fingerprint density at radius 1 is 1.13 bits per heavy atom. The summed E-state index contributed by atoms with van der Waals surface area (Å²) >= 11 is 0. The Kier molecular flexibility index (Phi) is 7.01. The highest BCUT2D eigenvalue weighted by molar-refractivity contribution is 7.89. The van der Waals surface area contributed by atoms with Gasteiger partial charge in [0.1, 0.15) is 22.6 Å². The fraction of sp³-hybridized carbons (Fsp3) is 0.200. The van der Waals surface area contributed by atoms with E-state index in [0.29, 0.717) is 24.4 Å². The van der Waals surface area contributed by atoms with Crippen LogP contribution in [0.15, 0.2) is 59.6 Å². The summed E-state index contributed by atoms with van der Waals surface area (Å²) in [5.74, 6) is -2.15. The quantitative estimate of drug-likeness (QED) is 0.319. The number of sulfonamides is 1. The first-order chi connectivity index (χ1) is 17.7. The zero-order valence-corrected chi connectivity index (χ0v) is 20.8. The van der Waals surface area contributed by atoms with Crippen molar-refractivity contribution in [1.29, 1.82) is 0 Å². The van der Waals surface area contributed by atoms with Crippen molar-refractivity contribution >= 4 is 26.8 Å². The summed E-state index contributed by atoms with van der Waals surface area (Å²) in [4.78, 5) is 16.1. The lowest BCUT2D eigenvalue weighted by Crippen LogP contribution is -2.42. The van der Waals surface area contributed by atoms with Crippen LogP contribution in [0.2, 0.25) is 0 Å². The highest BCUT2D eigenvalue weighted by Gasteiger charge is 2.39. The third-order valence-corrected chi connectivity index (χ3v) is 7.47. The van der Waals surface area contributed by atoms with E-state index >= 15 is 0 Å². The Labute approximate surface area is 214 Å². The number of alkyl halides is 3. The Hall–Kier alpha value is -3.84. The van der Waals surface area contributed by atoms with Crippen LogP contribution in [-0.2, 0) is 16.4 Å². The van der Waals surface area contributed by atoms with Gasteiger partial charge in [0.05, 0.1) is 22.5 Å². The second-order valence-corrected chi connectivity index (χ2v) is 10.2. The van der Waals surface area contributed by atoms with Gasteiger partial charge < -0.3 is 10.3 Å². The minimum atomic E-state index is -4.81. The molecular weight excluding hydrogens is 531 g/mol. The van der Waals surface area contributed by atoms with E-state index in [9.17, 15) is 35.2 Å². The number of carbonyl (C=O) groups is 1. The van der Waals surface area contributed by atoms with Crippen LogP contribution in [0.4, 0.5) is 22.0 Å². The van der Waals surface area contributed by atoms with E-state index in [0.717, 1.165) is 18.3 Å². The van der Waals surface area contributed by atoms with Crippen LogP contribution in [0, 0.1) is 11.6 Å². The van der Waals surface area contributed by atoms with Gasteiger partial charge in [-0.15, -0.1) is 0 Å². The van der Waals surface area contributed by atoms with Crippen molar-refractivity contribution in [1.82, 2.24) is 14.3 Å². The van der Waals surface area contributed by atoms with E-state index in [1.807, 2.05) is 0 Å². The van der Waals surface area contributed by atoms with E-state index in [-0.39, 0.29) is 28.0 Å². The molecule has 2 heterocycles. The number of rotatable bonds is 7. The van der Waals surface area contributed by atoms with Gasteiger partial charge in [0, 0.05) is 17.3 Å². The number of nitrogens with two attached hydrogens (primary N) is 1. The lowest BCUT2D eigenvalue weighted by atomic mass is 10.0. The summed E-state index contributed by atoms with van der Waals surface area (Å²) in [5.41, 5.74) is 6.39. The summed E-state index contributed by atoms with van der Waals surface area (Å²) < 4.78 is 95.5. The monoisotopic (exact) mass is 552 g/mol. The molecule has 0 saturated heterocycles. The molecule has 0 fully saturated rings. The maximum Gasteiger partial charge on any atom is 0.404 e. The summed E-state index contributed by atoms with van der Waals surface area (Å²) in [7, 11) is -4.61. The number of halogens is 5.